The minimum absolute atomic E-state index is 0.449. The molecule has 0 atom stereocenters. The molecule has 0 aromatic heterocycles. The molecule has 21 heavy (non-hydrogen) atoms. The third kappa shape index (κ3) is 3.29. The molecule has 0 aliphatic carbocycles. The number of rotatable bonds is 4. The van der Waals surface area contributed by atoms with E-state index >= 15 is 0 Å². The fourth-order valence-corrected chi connectivity index (χ4v) is 2.84. The van der Waals surface area contributed by atoms with Crippen LogP contribution in [0.1, 0.15) is 30.5 Å². The van der Waals surface area contributed by atoms with E-state index in [-0.39, 0.29) is 0 Å². The van der Waals surface area contributed by atoms with Crippen molar-refractivity contribution in [3.05, 3.63) is 58.1 Å². The molecule has 0 radical (unpaired) electrons. The first kappa shape index (κ1) is 14.6. The Morgan fingerprint density at radius 1 is 1.10 bits per heavy atom. The first-order valence-electron chi connectivity index (χ1n) is 7.35. The van der Waals surface area contributed by atoms with Gasteiger partial charge in [0.2, 0.25) is 0 Å². The number of nitrogens with one attached hydrogen (secondary N) is 1. The number of benzene rings is 2. The van der Waals surface area contributed by atoms with E-state index in [1.807, 2.05) is 6.07 Å². The molecule has 1 heterocycles. The Balaban J connectivity index is 1.97. The van der Waals surface area contributed by atoms with Crippen LogP contribution in [0.5, 0.6) is 0 Å². The molecule has 2 aromatic carbocycles. The summed E-state index contributed by atoms with van der Waals surface area (Å²) in [5.41, 5.74) is 6.30. The second-order valence-electron chi connectivity index (χ2n) is 5.81. The van der Waals surface area contributed by atoms with Crippen LogP contribution in [0.25, 0.3) is 11.1 Å². The predicted molar refractivity (Wildman–Crippen MR) is 87.4 cm³/mol. The molecule has 1 aliphatic heterocycles. The predicted octanol–water partition coefficient (Wildman–Crippen LogP) is 4.54. The number of ether oxygens (including phenoxy) is 1. The van der Waals surface area contributed by atoms with Crippen LogP contribution in [0.2, 0.25) is 5.02 Å². The highest BCUT2D eigenvalue weighted by Crippen LogP contribution is 2.30. The van der Waals surface area contributed by atoms with Gasteiger partial charge in [-0.25, -0.2) is 0 Å². The lowest BCUT2D eigenvalue weighted by molar-refractivity contribution is 0.134. The lowest BCUT2D eigenvalue weighted by Crippen LogP contribution is -2.22. The maximum absolute atomic E-state index is 6.17. The van der Waals surface area contributed by atoms with Crippen LogP contribution < -0.4 is 5.32 Å². The Morgan fingerprint density at radius 2 is 1.90 bits per heavy atom. The van der Waals surface area contributed by atoms with Crippen molar-refractivity contribution in [2.24, 2.45) is 0 Å². The molecule has 2 aromatic rings. The van der Waals surface area contributed by atoms with E-state index in [1.165, 1.54) is 27.8 Å². The standard InChI is InChI=1S/C18H20ClNO/c1-12(2)20-9-15-8-17(19)5-6-18(15)13-3-4-14-10-21-11-16(14)7-13/h3-8,12,20H,9-11H2,1-2H3. The van der Waals surface area contributed by atoms with Gasteiger partial charge in [-0.1, -0.05) is 43.6 Å². The smallest absolute Gasteiger partial charge is 0.0725 e. The lowest BCUT2D eigenvalue weighted by atomic mass is 9.96. The number of hydrogen-bond donors (Lipinski definition) is 1. The van der Waals surface area contributed by atoms with Crippen molar-refractivity contribution in [3.8, 4) is 11.1 Å². The zero-order valence-electron chi connectivity index (χ0n) is 12.4. The molecule has 1 aliphatic rings. The first-order valence-corrected chi connectivity index (χ1v) is 7.73. The van der Waals surface area contributed by atoms with Gasteiger partial charge in [0, 0.05) is 17.6 Å². The van der Waals surface area contributed by atoms with Gasteiger partial charge in [-0.2, -0.15) is 0 Å². The minimum atomic E-state index is 0.449. The summed E-state index contributed by atoms with van der Waals surface area (Å²) in [4.78, 5) is 0. The normalized spacial score (nSPS) is 13.7. The Kier molecular flexibility index (Phi) is 4.29. The molecule has 2 nitrogen and oxygen atoms in total. The van der Waals surface area contributed by atoms with Crippen molar-refractivity contribution in [1.82, 2.24) is 5.32 Å². The second kappa shape index (κ2) is 6.18. The van der Waals surface area contributed by atoms with Crippen molar-refractivity contribution >= 4 is 11.6 Å². The monoisotopic (exact) mass is 301 g/mol. The third-order valence-electron chi connectivity index (χ3n) is 3.80. The van der Waals surface area contributed by atoms with Crippen molar-refractivity contribution in [1.29, 1.82) is 0 Å². The molecule has 0 amide bonds. The molecule has 0 unspecified atom stereocenters. The van der Waals surface area contributed by atoms with E-state index in [4.69, 9.17) is 16.3 Å². The van der Waals surface area contributed by atoms with E-state index < -0.39 is 0 Å². The molecule has 0 spiro atoms. The van der Waals surface area contributed by atoms with Crippen molar-refractivity contribution in [3.63, 3.8) is 0 Å². The maximum Gasteiger partial charge on any atom is 0.0725 e. The van der Waals surface area contributed by atoms with E-state index in [9.17, 15) is 0 Å². The van der Waals surface area contributed by atoms with Crippen LogP contribution in [0, 0.1) is 0 Å². The molecule has 0 bridgehead atoms. The summed E-state index contributed by atoms with van der Waals surface area (Å²) in [5, 5.41) is 4.25. The summed E-state index contributed by atoms with van der Waals surface area (Å²) in [5.74, 6) is 0. The van der Waals surface area contributed by atoms with Gasteiger partial charge >= 0.3 is 0 Å². The molecular weight excluding hydrogens is 282 g/mol. The maximum atomic E-state index is 6.17. The van der Waals surface area contributed by atoms with Crippen LogP contribution in [0.15, 0.2) is 36.4 Å². The lowest BCUT2D eigenvalue weighted by Gasteiger charge is -2.14. The fourth-order valence-electron chi connectivity index (χ4n) is 2.64. The quantitative estimate of drug-likeness (QED) is 0.895. The van der Waals surface area contributed by atoms with E-state index in [2.05, 4.69) is 49.5 Å². The number of fused-ring (bicyclic) bond motifs is 1. The second-order valence-corrected chi connectivity index (χ2v) is 6.25. The van der Waals surface area contributed by atoms with Crippen LogP contribution in [0.3, 0.4) is 0 Å². The molecule has 0 saturated heterocycles. The van der Waals surface area contributed by atoms with Crippen molar-refractivity contribution in [2.75, 3.05) is 0 Å². The summed E-state index contributed by atoms with van der Waals surface area (Å²) >= 11 is 6.17. The molecule has 1 N–H and O–H groups in total. The summed E-state index contributed by atoms with van der Waals surface area (Å²) in [6.45, 7) is 6.57. The largest absolute Gasteiger partial charge is 0.372 e. The van der Waals surface area contributed by atoms with Gasteiger partial charge in [0.25, 0.3) is 0 Å². The highest BCUT2D eigenvalue weighted by atomic mass is 35.5. The van der Waals surface area contributed by atoms with Crippen LogP contribution in [-0.4, -0.2) is 6.04 Å². The minimum Gasteiger partial charge on any atom is -0.372 e. The highest BCUT2D eigenvalue weighted by molar-refractivity contribution is 6.30. The molecule has 0 saturated carbocycles. The number of hydrogen-bond acceptors (Lipinski definition) is 2. The topological polar surface area (TPSA) is 21.3 Å². The van der Waals surface area contributed by atoms with Gasteiger partial charge in [-0.05, 0) is 46.0 Å². The highest BCUT2D eigenvalue weighted by Gasteiger charge is 2.13. The van der Waals surface area contributed by atoms with E-state index in [0.717, 1.165) is 24.8 Å². The fraction of sp³-hybridized carbons (Fsp3) is 0.333. The first-order chi connectivity index (χ1) is 10.1. The molecule has 0 fully saturated rings. The van der Waals surface area contributed by atoms with Gasteiger partial charge in [0.1, 0.15) is 0 Å². The van der Waals surface area contributed by atoms with Crippen LogP contribution >= 0.6 is 11.6 Å². The van der Waals surface area contributed by atoms with E-state index in [1.54, 1.807) is 0 Å². The van der Waals surface area contributed by atoms with Gasteiger partial charge in [0.15, 0.2) is 0 Å². The summed E-state index contributed by atoms with van der Waals surface area (Å²) in [7, 11) is 0. The number of halogens is 1. The molecular formula is C18H20ClNO. The zero-order chi connectivity index (χ0) is 14.8. The van der Waals surface area contributed by atoms with Gasteiger partial charge in [0.05, 0.1) is 13.2 Å². The van der Waals surface area contributed by atoms with Gasteiger partial charge in [-0.15, -0.1) is 0 Å². The summed E-state index contributed by atoms with van der Waals surface area (Å²) < 4.78 is 5.50. The van der Waals surface area contributed by atoms with Crippen LogP contribution in [-0.2, 0) is 24.5 Å². The Labute approximate surface area is 131 Å². The Hall–Kier alpha value is -1.35. The van der Waals surface area contributed by atoms with Gasteiger partial charge < -0.3 is 10.1 Å². The van der Waals surface area contributed by atoms with Crippen LogP contribution in [0.4, 0.5) is 0 Å². The Morgan fingerprint density at radius 3 is 2.71 bits per heavy atom. The molecule has 3 rings (SSSR count). The third-order valence-corrected chi connectivity index (χ3v) is 4.04. The average Bonchev–Trinajstić information content (AvgIpc) is 2.92. The SMILES string of the molecule is CC(C)NCc1cc(Cl)ccc1-c1ccc2c(c1)COC2. The Bertz CT molecular complexity index is 652. The summed E-state index contributed by atoms with van der Waals surface area (Å²) in [6.07, 6.45) is 0. The average molecular weight is 302 g/mol. The van der Waals surface area contributed by atoms with Crippen molar-refractivity contribution < 1.29 is 4.74 Å². The molecule has 110 valence electrons. The molecule has 3 heteroatoms. The zero-order valence-corrected chi connectivity index (χ0v) is 13.2. The van der Waals surface area contributed by atoms with Crippen molar-refractivity contribution in [2.45, 2.75) is 39.6 Å². The summed E-state index contributed by atoms with van der Waals surface area (Å²) in [6, 6.07) is 13.2. The van der Waals surface area contributed by atoms with Gasteiger partial charge in [-0.3, -0.25) is 0 Å². The van der Waals surface area contributed by atoms with E-state index in [0.29, 0.717) is 6.04 Å².